The largest absolute Gasteiger partial charge is 0.497 e. The number of hydrogen-bond acceptors (Lipinski definition) is 5. The Morgan fingerprint density at radius 3 is 2.12 bits per heavy atom. The maximum atomic E-state index is 12.7. The number of carbonyl (C=O) groups is 2. The first-order valence-corrected chi connectivity index (χ1v) is 13.4. The standard InChI is InChI=1S/C24H34N2O5Si/c1-24(2,3)32(5,6)31-21(22(25)27)20(18-12-14-19(29-4)15-13-18)26-23(28)30-16-17-10-8-7-9-11-17/h7-15,20-21H,16H2,1-6H3,(H2,25,27)(H,26,28)/t20-,21-/m1/s1. The Hall–Kier alpha value is -2.84. The fourth-order valence-corrected chi connectivity index (χ4v) is 4.06. The van der Waals surface area contributed by atoms with Crippen LogP contribution >= 0.6 is 0 Å². The lowest BCUT2D eigenvalue weighted by Crippen LogP contribution is -2.52. The Labute approximate surface area is 191 Å². The predicted octanol–water partition coefficient (Wildman–Crippen LogP) is 4.54. The third kappa shape index (κ3) is 6.83. The molecule has 2 amide bonds. The fourth-order valence-electron chi connectivity index (χ4n) is 2.82. The highest BCUT2D eigenvalue weighted by molar-refractivity contribution is 6.74. The SMILES string of the molecule is COc1ccc([C@@H](NC(=O)OCc2ccccc2)[C@@H](O[Si](C)(C)C(C)(C)C)C(N)=O)cc1. The second-order valence-corrected chi connectivity index (χ2v) is 13.9. The van der Waals surface area contributed by atoms with E-state index in [1.165, 1.54) is 0 Å². The fraction of sp³-hybridized carbons (Fsp3) is 0.417. The maximum absolute atomic E-state index is 12.7. The van der Waals surface area contributed by atoms with Gasteiger partial charge >= 0.3 is 6.09 Å². The number of benzene rings is 2. The molecule has 0 saturated heterocycles. The summed E-state index contributed by atoms with van der Waals surface area (Å²) in [5, 5.41) is 2.64. The minimum atomic E-state index is -2.38. The molecule has 0 aliphatic heterocycles. The van der Waals surface area contributed by atoms with Crippen molar-refractivity contribution in [3.8, 4) is 5.75 Å². The number of amides is 2. The zero-order chi connectivity index (χ0) is 23.9. The van der Waals surface area contributed by atoms with Crippen LogP contribution in [0.5, 0.6) is 5.75 Å². The Morgan fingerprint density at radius 2 is 1.62 bits per heavy atom. The Balaban J connectivity index is 2.30. The van der Waals surface area contributed by atoms with E-state index in [0.29, 0.717) is 11.3 Å². The van der Waals surface area contributed by atoms with Gasteiger partial charge in [-0.15, -0.1) is 0 Å². The number of methoxy groups -OCH3 is 1. The molecule has 2 aromatic carbocycles. The minimum absolute atomic E-state index is 0.104. The number of alkyl carbamates (subject to hydrolysis) is 1. The van der Waals surface area contributed by atoms with Crippen LogP contribution in [0.15, 0.2) is 54.6 Å². The summed E-state index contributed by atoms with van der Waals surface area (Å²) in [6.07, 6.45) is -1.73. The summed E-state index contributed by atoms with van der Waals surface area (Å²) in [6, 6.07) is 15.6. The summed E-state index contributed by atoms with van der Waals surface area (Å²) < 4.78 is 17.0. The van der Waals surface area contributed by atoms with E-state index in [1.54, 1.807) is 31.4 Å². The minimum Gasteiger partial charge on any atom is -0.497 e. The number of hydrogen-bond donors (Lipinski definition) is 2. The third-order valence-corrected chi connectivity index (χ3v) is 10.2. The Morgan fingerprint density at radius 1 is 1.03 bits per heavy atom. The average Bonchev–Trinajstić information content (AvgIpc) is 2.74. The first-order valence-electron chi connectivity index (χ1n) is 10.5. The van der Waals surface area contributed by atoms with Crippen LogP contribution in [-0.4, -0.2) is 33.5 Å². The molecule has 8 heteroatoms. The highest BCUT2D eigenvalue weighted by Crippen LogP contribution is 2.39. The van der Waals surface area contributed by atoms with Gasteiger partial charge in [-0.2, -0.15) is 0 Å². The molecule has 0 aliphatic rings. The highest BCUT2D eigenvalue weighted by Gasteiger charge is 2.43. The van der Waals surface area contributed by atoms with Gasteiger partial charge in [0.25, 0.3) is 0 Å². The average molecular weight is 459 g/mol. The zero-order valence-electron chi connectivity index (χ0n) is 19.7. The van der Waals surface area contributed by atoms with Gasteiger partial charge < -0.3 is 25.0 Å². The molecule has 0 aliphatic carbocycles. The summed E-state index contributed by atoms with van der Waals surface area (Å²) in [6.45, 7) is 10.4. The summed E-state index contributed by atoms with van der Waals surface area (Å²) in [5.41, 5.74) is 7.28. The lowest BCUT2D eigenvalue weighted by atomic mass is 10.0. The van der Waals surface area contributed by atoms with Gasteiger partial charge in [-0.05, 0) is 41.4 Å². The van der Waals surface area contributed by atoms with Gasteiger partial charge in [0.05, 0.1) is 13.2 Å². The van der Waals surface area contributed by atoms with Gasteiger partial charge in [-0.25, -0.2) is 4.79 Å². The van der Waals surface area contributed by atoms with Crippen molar-refractivity contribution in [2.24, 2.45) is 5.73 Å². The first kappa shape index (κ1) is 25.4. The molecule has 0 saturated carbocycles. The molecule has 3 N–H and O–H groups in total. The summed E-state index contributed by atoms with van der Waals surface area (Å²) in [4.78, 5) is 25.2. The monoisotopic (exact) mass is 458 g/mol. The van der Waals surface area contributed by atoms with Gasteiger partial charge in [0, 0.05) is 0 Å². The molecule has 0 fully saturated rings. The normalized spacial score (nSPS) is 13.7. The van der Waals surface area contributed by atoms with Crippen LogP contribution in [0.3, 0.4) is 0 Å². The van der Waals surface area contributed by atoms with Crippen molar-refractivity contribution >= 4 is 20.3 Å². The van der Waals surface area contributed by atoms with E-state index in [1.807, 2.05) is 43.4 Å². The number of carbonyl (C=O) groups excluding carboxylic acids is 2. The molecular weight excluding hydrogens is 424 g/mol. The molecule has 2 rings (SSSR count). The maximum Gasteiger partial charge on any atom is 0.408 e. The van der Waals surface area contributed by atoms with Crippen molar-refractivity contribution in [3.63, 3.8) is 0 Å². The third-order valence-electron chi connectivity index (χ3n) is 5.77. The molecule has 0 unspecified atom stereocenters. The number of nitrogens with two attached hydrogens (primary N) is 1. The first-order chi connectivity index (χ1) is 14.9. The van der Waals surface area contributed by atoms with Crippen molar-refractivity contribution in [1.82, 2.24) is 5.32 Å². The van der Waals surface area contributed by atoms with E-state index < -0.39 is 32.5 Å². The van der Waals surface area contributed by atoms with Crippen LogP contribution in [0.2, 0.25) is 18.1 Å². The molecule has 32 heavy (non-hydrogen) atoms. The smallest absolute Gasteiger partial charge is 0.408 e. The van der Waals surface area contributed by atoms with Gasteiger partial charge in [-0.1, -0.05) is 63.2 Å². The van der Waals surface area contributed by atoms with Gasteiger partial charge in [0.2, 0.25) is 5.91 Å². The molecular formula is C24H34N2O5Si. The molecule has 2 aromatic rings. The van der Waals surface area contributed by atoms with Gasteiger partial charge in [0.1, 0.15) is 18.5 Å². The van der Waals surface area contributed by atoms with E-state index >= 15 is 0 Å². The van der Waals surface area contributed by atoms with Crippen molar-refractivity contribution in [3.05, 3.63) is 65.7 Å². The molecule has 0 bridgehead atoms. The molecule has 174 valence electrons. The molecule has 0 heterocycles. The van der Waals surface area contributed by atoms with E-state index in [0.717, 1.165) is 5.56 Å². The molecule has 0 aromatic heterocycles. The number of primary amides is 1. The van der Waals surface area contributed by atoms with Crippen LogP contribution in [0.4, 0.5) is 4.79 Å². The second-order valence-electron chi connectivity index (χ2n) is 9.16. The quantitative estimate of drug-likeness (QED) is 0.538. The molecule has 2 atom stereocenters. The number of rotatable bonds is 9. The highest BCUT2D eigenvalue weighted by atomic mass is 28.4. The van der Waals surface area contributed by atoms with Crippen LogP contribution in [-0.2, 0) is 20.6 Å². The summed E-state index contributed by atoms with van der Waals surface area (Å²) in [5.74, 6) is -0.000837. The van der Waals surface area contributed by atoms with Crippen LogP contribution in [0.25, 0.3) is 0 Å². The van der Waals surface area contributed by atoms with Crippen molar-refractivity contribution in [2.45, 2.75) is 57.7 Å². The second kappa shape index (κ2) is 10.6. The molecule has 0 spiro atoms. The zero-order valence-corrected chi connectivity index (χ0v) is 20.7. The Bertz CT molecular complexity index is 895. The van der Waals surface area contributed by atoms with E-state index in [4.69, 9.17) is 19.6 Å². The summed E-state index contributed by atoms with van der Waals surface area (Å²) in [7, 11) is -0.816. The number of nitrogens with one attached hydrogen (secondary N) is 1. The van der Waals surface area contributed by atoms with Gasteiger partial charge in [0.15, 0.2) is 8.32 Å². The van der Waals surface area contributed by atoms with E-state index in [2.05, 4.69) is 26.1 Å². The van der Waals surface area contributed by atoms with Crippen molar-refractivity contribution in [2.75, 3.05) is 7.11 Å². The Kier molecular flexibility index (Phi) is 8.46. The number of ether oxygens (including phenoxy) is 2. The van der Waals surface area contributed by atoms with Crippen molar-refractivity contribution in [1.29, 1.82) is 0 Å². The van der Waals surface area contributed by atoms with Crippen LogP contribution < -0.4 is 15.8 Å². The van der Waals surface area contributed by atoms with E-state index in [-0.39, 0.29) is 11.6 Å². The molecule has 7 nitrogen and oxygen atoms in total. The van der Waals surface area contributed by atoms with Crippen LogP contribution in [0.1, 0.15) is 37.9 Å². The van der Waals surface area contributed by atoms with Crippen molar-refractivity contribution < 1.29 is 23.5 Å². The molecule has 0 radical (unpaired) electrons. The lowest BCUT2D eigenvalue weighted by molar-refractivity contribution is -0.126. The summed E-state index contributed by atoms with van der Waals surface area (Å²) >= 11 is 0. The van der Waals surface area contributed by atoms with E-state index in [9.17, 15) is 9.59 Å². The predicted molar refractivity (Wildman–Crippen MR) is 127 cm³/mol. The topological polar surface area (TPSA) is 99.9 Å². The van der Waals surface area contributed by atoms with Gasteiger partial charge in [-0.3, -0.25) is 4.79 Å². The van der Waals surface area contributed by atoms with Crippen LogP contribution in [0, 0.1) is 0 Å². The lowest BCUT2D eigenvalue weighted by Gasteiger charge is -2.40.